The summed E-state index contributed by atoms with van der Waals surface area (Å²) in [6.07, 6.45) is -1.08. The number of carbonyl (C=O) groups excluding carboxylic acids is 1. The number of rotatable bonds is 3. The van der Waals surface area contributed by atoms with Crippen LogP contribution in [0.2, 0.25) is 0 Å². The standard InChI is InChI=1S/C21H21FN4O4/c1-13-6-7-15-17(10-13)23-19(16-4-2-3-5-18(16)28)24-20(15)26-9-8-25(21(29)30-22)11-14(26)12-27/h2-7,10,14,27-28H,8-9,11-12H2,1H3. The van der Waals surface area contributed by atoms with Crippen LogP contribution in [0.4, 0.5) is 15.1 Å². The number of fused-ring (bicyclic) bond motifs is 1. The normalized spacial score (nSPS) is 16.7. The van der Waals surface area contributed by atoms with Crippen LogP contribution in [-0.4, -0.2) is 63.5 Å². The fraction of sp³-hybridized carbons (Fsp3) is 0.286. The Kier molecular flexibility index (Phi) is 5.37. The first-order chi connectivity index (χ1) is 14.5. The van der Waals surface area contributed by atoms with E-state index in [0.29, 0.717) is 29.3 Å². The average molecular weight is 412 g/mol. The molecule has 1 aliphatic rings. The van der Waals surface area contributed by atoms with E-state index in [9.17, 15) is 19.5 Å². The van der Waals surface area contributed by atoms with Crippen molar-refractivity contribution >= 4 is 22.8 Å². The number of nitrogens with zero attached hydrogens (tertiary/aromatic N) is 4. The van der Waals surface area contributed by atoms with Gasteiger partial charge in [0.2, 0.25) is 0 Å². The molecule has 2 aromatic carbocycles. The second kappa shape index (κ2) is 8.11. The summed E-state index contributed by atoms with van der Waals surface area (Å²) in [6, 6.07) is 12.1. The molecule has 3 aromatic rings. The number of para-hydroxylation sites is 1. The molecule has 0 radical (unpaired) electrons. The van der Waals surface area contributed by atoms with Gasteiger partial charge >= 0.3 is 6.09 Å². The highest BCUT2D eigenvalue weighted by Crippen LogP contribution is 2.33. The number of phenols is 1. The van der Waals surface area contributed by atoms with E-state index in [1.165, 1.54) is 4.90 Å². The Labute approximate surface area is 172 Å². The second-order valence-corrected chi connectivity index (χ2v) is 7.23. The highest BCUT2D eigenvalue weighted by molar-refractivity contribution is 5.92. The van der Waals surface area contributed by atoms with E-state index in [4.69, 9.17) is 4.98 Å². The number of amides is 1. The Balaban J connectivity index is 1.83. The highest BCUT2D eigenvalue weighted by Gasteiger charge is 2.32. The van der Waals surface area contributed by atoms with Gasteiger partial charge in [-0.1, -0.05) is 18.2 Å². The number of benzene rings is 2. The summed E-state index contributed by atoms with van der Waals surface area (Å²) in [6.45, 7) is 2.31. The van der Waals surface area contributed by atoms with E-state index >= 15 is 0 Å². The molecule has 0 bridgehead atoms. The van der Waals surface area contributed by atoms with Crippen LogP contribution in [0.1, 0.15) is 5.56 Å². The summed E-state index contributed by atoms with van der Waals surface area (Å²) in [7, 11) is 0. The lowest BCUT2D eigenvalue weighted by molar-refractivity contribution is -0.0815. The molecular weight excluding hydrogens is 391 g/mol. The minimum atomic E-state index is -1.08. The maximum Gasteiger partial charge on any atom is 0.447 e. The van der Waals surface area contributed by atoms with E-state index < -0.39 is 12.1 Å². The Hall–Kier alpha value is -3.46. The van der Waals surface area contributed by atoms with Gasteiger partial charge in [-0.2, -0.15) is 0 Å². The molecule has 8 nitrogen and oxygen atoms in total. The molecule has 0 saturated carbocycles. The maximum absolute atomic E-state index is 12.3. The zero-order valence-corrected chi connectivity index (χ0v) is 16.3. The molecule has 156 valence electrons. The van der Waals surface area contributed by atoms with Crippen molar-refractivity contribution in [3.05, 3.63) is 48.0 Å². The molecule has 4 rings (SSSR count). The van der Waals surface area contributed by atoms with Crippen molar-refractivity contribution < 1.29 is 24.5 Å². The fourth-order valence-electron chi connectivity index (χ4n) is 3.73. The smallest absolute Gasteiger partial charge is 0.447 e. The number of piperazine rings is 1. The summed E-state index contributed by atoms with van der Waals surface area (Å²) < 4.78 is 12.3. The number of hydrogen-bond acceptors (Lipinski definition) is 7. The van der Waals surface area contributed by atoms with Crippen LogP contribution in [0.3, 0.4) is 0 Å². The molecule has 1 atom stereocenters. The Morgan fingerprint density at radius 3 is 2.77 bits per heavy atom. The first kappa shape index (κ1) is 19.8. The number of aromatic hydroxyl groups is 1. The van der Waals surface area contributed by atoms with E-state index in [-0.39, 0.29) is 25.4 Å². The third kappa shape index (κ3) is 3.59. The molecule has 0 aliphatic carbocycles. The summed E-state index contributed by atoms with van der Waals surface area (Å²) in [5.41, 5.74) is 2.20. The summed E-state index contributed by atoms with van der Waals surface area (Å²) >= 11 is 0. The third-order valence-corrected chi connectivity index (χ3v) is 5.27. The second-order valence-electron chi connectivity index (χ2n) is 7.23. The SMILES string of the molecule is Cc1ccc2c(N3CCN(C(=O)OF)CC3CO)nc(-c3ccccc3O)nc2c1. The van der Waals surface area contributed by atoms with Crippen LogP contribution in [0, 0.1) is 6.92 Å². The zero-order valence-electron chi connectivity index (χ0n) is 16.3. The minimum absolute atomic E-state index is 0.0599. The van der Waals surface area contributed by atoms with Crippen LogP contribution in [0.25, 0.3) is 22.3 Å². The van der Waals surface area contributed by atoms with Gasteiger partial charge in [-0.25, -0.2) is 19.7 Å². The first-order valence-electron chi connectivity index (χ1n) is 9.53. The van der Waals surface area contributed by atoms with Crippen molar-refractivity contribution in [2.24, 2.45) is 0 Å². The van der Waals surface area contributed by atoms with Crippen molar-refractivity contribution in [3.8, 4) is 17.1 Å². The van der Waals surface area contributed by atoms with E-state index in [2.05, 4.69) is 9.93 Å². The Morgan fingerprint density at radius 2 is 2.03 bits per heavy atom. The number of anilines is 1. The number of carbonyl (C=O) groups is 1. The van der Waals surface area contributed by atoms with E-state index in [1.807, 2.05) is 30.0 Å². The van der Waals surface area contributed by atoms with Crippen molar-refractivity contribution in [2.75, 3.05) is 31.1 Å². The minimum Gasteiger partial charge on any atom is -0.507 e. The van der Waals surface area contributed by atoms with Gasteiger partial charge in [-0.3, -0.25) is 0 Å². The van der Waals surface area contributed by atoms with Crippen LogP contribution in [0.5, 0.6) is 5.75 Å². The Morgan fingerprint density at radius 1 is 1.23 bits per heavy atom. The van der Waals surface area contributed by atoms with Crippen molar-refractivity contribution in [3.63, 3.8) is 0 Å². The van der Waals surface area contributed by atoms with Crippen LogP contribution < -0.4 is 4.90 Å². The van der Waals surface area contributed by atoms with E-state index in [0.717, 1.165) is 10.9 Å². The first-order valence-corrected chi connectivity index (χ1v) is 9.53. The third-order valence-electron chi connectivity index (χ3n) is 5.27. The number of aromatic nitrogens is 2. The number of phenolic OH excluding ortho intramolecular Hbond substituents is 1. The molecule has 1 saturated heterocycles. The molecular formula is C21H21FN4O4. The maximum atomic E-state index is 12.3. The average Bonchev–Trinajstić information content (AvgIpc) is 2.77. The number of aryl methyl sites for hydroxylation is 1. The van der Waals surface area contributed by atoms with Crippen molar-refractivity contribution in [1.82, 2.24) is 14.9 Å². The number of halogens is 1. The predicted molar refractivity (Wildman–Crippen MR) is 109 cm³/mol. The molecule has 2 N–H and O–H groups in total. The van der Waals surface area contributed by atoms with Gasteiger partial charge in [0.05, 0.1) is 23.7 Å². The quantitative estimate of drug-likeness (QED) is 0.682. The largest absolute Gasteiger partial charge is 0.507 e. The van der Waals surface area contributed by atoms with Gasteiger partial charge in [-0.15, -0.1) is 0 Å². The van der Waals surface area contributed by atoms with Crippen LogP contribution in [0.15, 0.2) is 42.5 Å². The predicted octanol–water partition coefficient (Wildman–Crippen LogP) is 2.81. The van der Waals surface area contributed by atoms with Crippen LogP contribution >= 0.6 is 0 Å². The van der Waals surface area contributed by atoms with Gasteiger partial charge < -0.3 is 20.0 Å². The molecule has 9 heteroatoms. The van der Waals surface area contributed by atoms with Gasteiger partial charge in [-0.05, 0) is 36.8 Å². The Bertz CT molecular complexity index is 1090. The lowest BCUT2D eigenvalue weighted by atomic mass is 10.1. The van der Waals surface area contributed by atoms with Gasteiger partial charge in [0, 0.05) is 29.5 Å². The number of aliphatic hydroxyl groups is 1. The lowest BCUT2D eigenvalue weighted by Gasteiger charge is -2.40. The molecule has 1 amide bonds. The fourth-order valence-corrected chi connectivity index (χ4v) is 3.73. The summed E-state index contributed by atoms with van der Waals surface area (Å²) in [4.78, 5) is 27.3. The summed E-state index contributed by atoms with van der Waals surface area (Å²) in [5, 5.41) is 21.0. The van der Waals surface area contributed by atoms with Gasteiger partial charge in [0.15, 0.2) is 5.82 Å². The topological polar surface area (TPSA) is 99.0 Å². The molecule has 1 fully saturated rings. The van der Waals surface area contributed by atoms with Gasteiger partial charge in [0.25, 0.3) is 0 Å². The zero-order chi connectivity index (χ0) is 21.3. The molecule has 2 heterocycles. The molecule has 30 heavy (non-hydrogen) atoms. The van der Waals surface area contributed by atoms with Crippen molar-refractivity contribution in [1.29, 1.82) is 0 Å². The monoisotopic (exact) mass is 412 g/mol. The highest BCUT2D eigenvalue weighted by atomic mass is 19.3. The van der Waals surface area contributed by atoms with Crippen LogP contribution in [-0.2, 0) is 4.94 Å². The van der Waals surface area contributed by atoms with Crippen molar-refractivity contribution in [2.45, 2.75) is 13.0 Å². The number of aliphatic hydroxyl groups excluding tert-OH is 1. The molecule has 0 spiro atoms. The van der Waals surface area contributed by atoms with Gasteiger partial charge in [0.1, 0.15) is 11.6 Å². The molecule has 1 unspecified atom stereocenters. The van der Waals surface area contributed by atoms with E-state index in [1.54, 1.807) is 24.3 Å². The lowest BCUT2D eigenvalue weighted by Crippen LogP contribution is -2.56. The molecule has 1 aromatic heterocycles. The summed E-state index contributed by atoms with van der Waals surface area (Å²) in [5.74, 6) is 0.985. The molecule has 1 aliphatic heterocycles. The number of hydrogen-bond donors (Lipinski definition) is 2.